The van der Waals surface area contributed by atoms with Crippen LogP contribution < -0.4 is 14.4 Å². The van der Waals surface area contributed by atoms with Gasteiger partial charge in [0.05, 0.1) is 50.1 Å². The zero-order chi connectivity index (χ0) is 43.3. The molecule has 5 heteroatoms. The lowest BCUT2D eigenvalue weighted by Crippen LogP contribution is -2.48. The molecule has 2 aliphatic rings. The minimum atomic E-state index is -0.206. The average molecular weight is 827 g/mol. The molecule has 0 saturated heterocycles. The number of benzene rings is 7. The van der Waals surface area contributed by atoms with E-state index >= 15 is 0 Å². The molecule has 5 heterocycles. The molecule has 5 nitrogen and oxygen atoms in total. The molecule has 0 aliphatic carbocycles. The maximum atomic E-state index is 4.82. The van der Waals surface area contributed by atoms with Gasteiger partial charge in [-0.2, -0.15) is 4.57 Å². The summed E-state index contributed by atoms with van der Waals surface area (Å²) in [5.41, 5.74) is 19.6. The van der Waals surface area contributed by atoms with E-state index in [0.717, 1.165) is 69.5 Å². The van der Waals surface area contributed by atoms with Crippen LogP contribution in [0.1, 0.15) is 43.4 Å². The number of pyridine rings is 2. The monoisotopic (exact) mass is 826 g/mol. The molecule has 0 spiro atoms. The zero-order valence-electron chi connectivity index (χ0n) is 36.7. The number of aromatic nitrogens is 3. The highest BCUT2D eigenvalue weighted by molar-refractivity contribution is 6.10. The Morgan fingerprint density at radius 2 is 1.14 bits per heavy atom. The number of rotatable bonds is 6. The van der Waals surface area contributed by atoms with E-state index in [1.165, 1.54) is 60.5 Å². The SMILES string of the molecule is C=C1[n+]2ccc3ccccc3c2-c2cc(N3c4ccc(-c5ccncc5)cc4N(c4cc(C)cc(C)c4)c4cc(-n5c6ccccc6c6ccccc65)ccc43)ccc2C1(CC)CC. The number of allylic oxidation sites excluding steroid dienone is 1. The number of hydrogen-bond acceptors (Lipinski definition) is 3. The molecule has 0 fully saturated rings. The van der Waals surface area contributed by atoms with Crippen LogP contribution in [0, 0.1) is 13.8 Å². The fraction of sp³-hybridized carbons (Fsp3) is 0.119. The molecule has 0 bridgehead atoms. The Balaban J connectivity index is 1.17. The van der Waals surface area contributed by atoms with Crippen LogP contribution in [0.15, 0.2) is 189 Å². The van der Waals surface area contributed by atoms with Gasteiger partial charge < -0.3 is 14.4 Å². The summed E-state index contributed by atoms with van der Waals surface area (Å²) in [6.07, 6.45) is 7.91. The van der Waals surface area contributed by atoms with Gasteiger partial charge in [-0.15, -0.1) is 0 Å². The molecule has 2 aliphatic heterocycles. The normalized spacial score (nSPS) is 13.8. The predicted octanol–water partition coefficient (Wildman–Crippen LogP) is 15.4. The van der Waals surface area contributed by atoms with Gasteiger partial charge in [-0.1, -0.05) is 86.6 Å². The minimum Gasteiger partial charge on any atom is -0.309 e. The third-order valence-corrected chi connectivity index (χ3v) is 14.2. The van der Waals surface area contributed by atoms with E-state index in [9.17, 15) is 0 Å². The quantitative estimate of drug-likeness (QED) is 0.156. The summed E-state index contributed by atoms with van der Waals surface area (Å²) in [6, 6.07) is 60.9. The molecule has 7 aromatic carbocycles. The van der Waals surface area contributed by atoms with Gasteiger partial charge in [0.1, 0.15) is 0 Å². The van der Waals surface area contributed by atoms with E-state index in [2.05, 4.69) is 222 Å². The van der Waals surface area contributed by atoms with Crippen molar-refractivity contribution in [2.75, 3.05) is 9.80 Å². The maximum absolute atomic E-state index is 4.82. The Kier molecular flexibility index (Phi) is 8.54. The molecule has 308 valence electrons. The molecular formula is C59H48N5+. The standard InChI is InChI=1S/C59H48N5/c1-6-59(7-2)40(5)61-31-28-42-14-8-9-15-47(42)58(61)50-36-44(21-23-51(50)59)63-54-24-20-43(41-26-29-60-30-27-41)35-56(54)64(46-33-38(3)32-39(4)34-46)57-37-45(22-25-55(57)63)62-52-18-12-10-16-48(52)49-17-11-13-19-53(49)62/h8-37H,5-7H2,1-4H3/q+1. The molecular weight excluding hydrogens is 779 g/mol. The van der Waals surface area contributed by atoms with Gasteiger partial charge in [0.15, 0.2) is 11.9 Å². The Morgan fingerprint density at radius 1 is 0.531 bits per heavy atom. The topological polar surface area (TPSA) is 28.2 Å². The molecule has 3 aromatic heterocycles. The summed E-state index contributed by atoms with van der Waals surface area (Å²) in [6.45, 7) is 13.8. The van der Waals surface area contributed by atoms with Crippen LogP contribution >= 0.6 is 0 Å². The van der Waals surface area contributed by atoms with Crippen LogP contribution in [-0.4, -0.2) is 9.55 Å². The van der Waals surface area contributed by atoms with E-state index in [-0.39, 0.29) is 5.41 Å². The van der Waals surface area contributed by atoms with Crippen LogP contribution in [0.2, 0.25) is 0 Å². The summed E-state index contributed by atoms with van der Waals surface area (Å²) in [4.78, 5) is 9.35. The first-order valence-electron chi connectivity index (χ1n) is 22.5. The Bertz CT molecular complexity index is 3460. The van der Waals surface area contributed by atoms with Gasteiger partial charge >= 0.3 is 0 Å². The lowest BCUT2D eigenvalue weighted by molar-refractivity contribution is -0.576. The Labute approximate surface area is 374 Å². The highest BCUT2D eigenvalue weighted by Crippen LogP contribution is 2.57. The minimum absolute atomic E-state index is 0.206. The summed E-state index contributed by atoms with van der Waals surface area (Å²) in [5, 5.41) is 4.93. The van der Waals surface area contributed by atoms with Crippen molar-refractivity contribution in [1.82, 2.24) is 9.55 Å². The summed E-state index contributed by atoms with van der Waals surface area (Å²) in [5.74, 6) is 0. The van der Waals surface area contributed by atoms with Crippen molar-refractivity contribution in [3.63, 3.8) is 0 Å². The first-order valence-corrected chi connectivity index (χ1v) is 22.5. The van der Waals surface area contributed by atoms with Crippen molar-refractivity contribution in [3.05, 3.63) is 206 Å². The molecule has 0 radical (unpaired) electrons. The molecule has 10 aromatic rings. The predicted molar refractivity (Wildman–Crippen MR) is 267 cm³/mol. The van der Waals surface area contributed by atoms with E-state index < -0.39 is 0 Å². The highest BCUT2D eigenvalue weighted by atomic mass is 15.3. The largest absolute Gasteiger partial charge is 0.309 e. The number of nitrogens with zero attached hydrogens (tertiary/aromatic N) is 5. The molecule has 0 unspecified atom stereocenters. The fourth-order valence-electron chi connectivity index (χ4n) is 11.2. The molecule has 0 amide bonds. The van der Waals surface area contributed by atoms with Crippen LogP contribution in [-0.2, 0) is 5.41 Å². The second kappa shape index (κ2) is 14.4. The second-order valence-electron chi connectivity index (χ2n) is 17.6. The molecule has 0 N–H and O–H groups in total. The van der Waals surface area contributed by atoms with Crippen molar-refractivity contribution in [1.29, 1.82) is 0 Å². The van der Waals surface area contributed by atoms with Crippen LogP contribution in [0.25, 0.3) is 66.3 Å². The van der Waals surface area contributed by atoms with Gasteiger partial charge in [0, 0.05) is 46.3 Å². The average Bonchev–Trinajstić information content (AvgIpc) is 3.67. The van der Waals surface area contributed by atoms with Crippen molar-refractivity contribution in [2.45, 2.75) is 46.0 Å². The fourth-order valence-corrected chi connectivity index (χ4v) is 11.2. The summed E-state index contributed by atoms with van der Waals surface area (Å²) in [7, 11) is 0. The summed E-state index contributed by atoms with van der Waals surface area (Å²) >= 11 is 0. The Hall–Kier alpha value is -7.76. The number of para-hydroxylation sites is 2. The van der Waals surface area contributed by atoms with E-state index in [1.807, 2.05) is 12.4 Å². The van der Waals surface area contributed by atoms with Gasteiger partial charge in [-0.25, -0.2) is 0 Å². The molecule has 64 heavy (non-hydrogen) atoms. The molecule has 0 saturated carbocycles. The van der Waals surface area contributed by atoms with Crippen molar-refractivity contribution in [3.8, 4) is 28.1 Å². The Morgan fingerprint density at radius 3 is 1.84 bits per heavy atom. The number of hydrogen-bond donors (Lipinski definition) is 0. The van der Waals surface area contributed by atoms with Crippen molar-refractivity contribution >= 4 is 72.4 Å². The molecule has 0 atom stereocenters. The number of fused-ring (bicyclic) bond motifs is 10. The van der Waals surface area contributed by atoms with Gasteiger partial charge in [-0.05, 0) is 151 Å². The highest BCUT2D eigenvalue weighted by Gasteiger charge is 2.47. The zero-order valence-corrected chi connectivity index (χ0v) is 36.7. The first-order chi connectivity index (χ1) is 31.4. The van der Waals surface area contributed by atoms with E-state index in [4.69, 9.17) is 6.58 Å². The summed E-state index contributed by atoms with van der Waals surface area (Å²) < 4.78 is 4.80. The van der Waals surface area contributed by atoms with Crippen LogP contribution in [0.4, 0.5) is 34.1 Å². The van der Waals surface area contributed by atoms with Gasteiger partial charge in [-0.3, -0.25) is 4.98 Å². The van der Waals surface area contributed by atoms with Crippen molar-refractivity contribution < 1.29 is 4.57 Å². The lowest BCUT2D eigenvalue weighted by atomic mass is 9.68. The molecule has 12 rings (SSSR count). The third-order valence-electron chi connectivity index (χ3n) is 14.2. The van der Waals surface area contributed by atoms with Crippen LogP contribution in [0.5, 0.6) is 0 Å². The van der Waals surface area contributed by atoms with Crippen LogP contribution in [0.3, 0.4) is 0 Å². The van der Waals surface area contributed by atoms with E-state index in [1.54, 1.807) is 0 Å². The second-order valence-corrected chi connectivity index (χ2v) is 17.6. The number of anilines is 6. The van der Waals surface area contributed by atoms with Crippen molar-refractivity contribution in [2.24, 2.45) is 0 Å². The lowest BCUT2D eigenvalue weighted by Gasteiger charge is -2.42. The maximum Gasteiger partial charge on any atom is 0.226 e. The van der Waals surface area contributed by atoms with Gasteiger partial charge in [0.2, 0.25) is 5.69 Å². The van der Waals surface area contributed by atoms with E-state index in [0.29, 0.717) is 0 Å². The third kappa shape index (κ3) is 5.50. The van der Waals surface area contributed by atoms with Gasteiger partial charge in [0.25, 0.3) is 0 Å². The first kappa shape index (κ1) is 38.0. The number of aryl methyl sites for hydroxylation is 2. The smallest absolute Gasteiger partial charge is 0.226 e.